The molecule has 9 heteroatoms. The Balaban J connectivity index is 2.22. The summed E-state index contributed by atoms with van der Waals surface area (Å²) in [6, 6.07) is -0.714. The maximum atomic E-state index is 13.0. The first kappa shape index (κ1) is 55.9. The normalized spacial score (nSPS) is 20.7. The number of hydrogen-bond acceptors (Lipinski definition) is 8. The molecule has 1 aliphatic rings. The fourth-order valence-corrected chi connectivity index (χ4v) is 8.27. The van der Waals surface area contributed by atoms with Crippen LogP contribution in [0.4, 0.5) is 0 Å². The van der Waals surface area contributed by atoms with Crippen LogP contribution in [0.2, 0.25) is 0 Å². The van der Waals surface area contributed by atoms with Crippen LogP contribution < -0.4 is 5.32 Å². The largest absolute Gasteiger partial charge is 0.394 e. The van der Waals surface area contributed by atoms with E-state index in [1.165, 1.54) is 180 Å². The maximum absolute atomic E-state index is 13.0. The first-order valence-electron chi connectivity index (χ1n) is 25.4. The SMILES string of the molecule is CCCCCCCC/C=C/CCCCCCCCCCCCCCCC(=O)N[C@@H](CO[C@H]1O[C@@H](CO)[C@H](O)C(O)C1O)[C@H](O)CCCCCCCCCCCCCCC. The summed E-state index contributed by atoms with van der Waals surface area (Å²) in [4.78, 5) is 13.0. The van der Waals surface area contributed by atoms with E-state index in [9.17, 15) is 30.3 Å². The molecule has 0 radical (unpaired) electrons. The maximum Gasteiger partial charge on any atom is 0.220 e. The highest BCUT2D eigenvalue weighted by Gasteiger charge is 2.44. The molecule has 59 heavy (non-hydrogen) atoms. The van der Waals surface area contributed by atoms with Crippen molar-refractivity contribution < 1.29 is 39.8 Å². The molecule has 0 saturated carbocycles. The van der Waals surface area contributed by atoms with Crippen molar-refractivity contribution in [3.63, 3.8) is 0 Å². The predicted molar refractivity (Wildman–Crippen MR) is 244 cm³/mol. The molecule has 0 bridgehead atoms. The Morgan fingerprint density at radius 1 is 0.559 bits per heavy atom. The topological polar surface area (TPSA) is 149 Å². The lowest BCUT2D eigenvalue weighted by atomic mass is 9.99. The number of rotatable bonds is 43. The lowest BCUT2D eigenvalue weighted by molar-refractivity contribution is -0.302. The van der Waals surface area contributed by atoms with E-state index < -0.39 is 49.5 Å². The smallest absolute Gasteiger partial charge is 0.220 e. The highest BCUT2D eigenvalue weighted by Crippen LogP contribution is 2.23. The summed E-state index contributed by atoms with van der Waals surface area (Å²) in [6.07, 6.45) is 40.8. The van der Waals surface area contributed by atoms with Gasteiger partial charge in [-0.3, -0.25) is 4.79 Å². The number of ether oxygens (including phenoxy) is 2. The molecule has 1 saturated heterocycles. The number of carbonyl (C=O) groups is 1. The zero-order valence-electron chi connectivity index (χ0n) is 38.5. The number of hydrogen-bond donors (Lipinski definition) is 6. The van der Waals surface area contributed by atoms with Gasteiger partial charge in [-0.25, -0.2) is 0 Å². The Kier molecular flexibility index (Phi) is 38.9. The summed E-state index contributed by atoms with van der Waals surface area (Å²) in [5.41, 5.74) is 0. The van der Waals surface area contributed by atoms with Crippen molar-refractivity contribution in [2.75, 3.05) is 13.2 Å². The van der Waals surface area contributed by atoms with Crippen LogP contribution in [0.1, 0.15) is 245 Å². The molecule has 350 valence electrons. The first-order chi connectivity index (χ1) is 28.8. The number of amides is 1. The van der Waals surface area contributed by atoms with Crippen LogP contribution in [0.5, 0.6) is 0 Å². The molecule has 1 amide bonds. The summed E-state index contributed by atoms with van der Waals surface area (Å²) in [5, 5.41) is 54.4. The van der Waals surface area contributed by atoms with Crippen LogP contribution in [0.3, 0.4) is 0 Å². The average molecular weight is 840 g/mol. The Labute approximate surface area is 363 Å². The molecule has 9 nitrogen and oxygen atoms in total. The minimum atomic E-state index is -1.55. The van der Waals surface area contributed by atoms with Crippen molar-refractivity contribution in [2.24, 2.45) is 0 Å². The third kappa shape index (κ3) is 31.4. The van der Waals surface area contributed by atoms with Crippen LogP contribution in [0.25, 0.3) is 0 Å². The highest BCUT2D eigenvalue weighted by atomic mass is 16.7. The Morgan fingerprint density at radius 3 is 1.37 bits per heavy atom. The van der Waals surface area contributed by atoms with Gasteiger partial charge in [0.05, 0.1) is 25.4 Å². The fraction of sp³-hybridized carbons (Fsp3) is 0.940. The van der Waals surface area contributed by atoms with Crippen molar-refractivity contribution in [3.8, 4) is 0 Å². The standard InChI is InChI=1S/C50H97NO8/c1-3-5-7-9-11-13-15-17-18-19-20-21-22-23-24-25-26-28-30-32-34-36-38-40-46(54)51-43(42-58-50-49(57)48(56)47(55)45(41-52)59-50)44(53)39-37-35-33-31-29-27-16-14-12-10-8-6-4-2/h17-18,43-45,47-50,52-53,55-57H,3-16,19-42H2,1-2H3,(H,51,54)/b18-17+/t43-,44+,45-,47-,48?,49?,50-/m0/s1. The molecule has 0 spiro atoms. The van der Waals surface area contributed by atoms with Crippen molar-refractivity contribution in [2.45, 2.75) is 288 Å². The van der Waals surface area contributed by atoms with Gasteiger partial charge < -0.3 is 40.3 Å². The second kappa shape index (κ2) is 41.0. The van der Waals surface area contributed by atoms with Gasteiger partial charge in [0, 0.05) is 6.42 Å². The summed E-state index contributed by atoms with van der Waals surface area (Å²) >= 11 is 0. The Hall–Kier alpha value is -1.07. The molecule has 1 fully saturated rings. The minimum Gasteiger partial charge on any atom is -0.394 e. The van der Waals surface area contributed by atoms with Gasteiger partial charge in [-0.1, -0.05) is 212 Å². The molecule has 2 unspecified atom stereocenters. The number of nitrogens with one attached hydrogen (secondary N) is 1. The third-order valence-electron chi connectivity index (χ3n) is 12.4. The number of aliphatic hydroxyl groups excluding tert-OH is 5. The van der Waals surface area contributed by atoms with Crippen molar-refractivity contribution in [1.82, 2.24) is 5.32 Å². The molecule has 6 N–H and O–H groups in total. The third-order valence-corrected chi connectivity index (χ3v) is 12.4. The van der Waals surface area contributed by atoms with Gasteiger partial charge in [-0.2, -0.15) is 0 Å². The number of unbranched alkanes of at least 4 members (excludes halogenated alkanes) is 31. The van der Waals surface area contributed by atoms with Crippen LogP contribution in [0.15, 0.2) is 12.2 Å². The van der Waals surface area contributed by atoms with E-state index in [1.807, 2.05) is 0 Å². The molecule has 1 rings (SSSR count). The number of allylic oxidation sites excluding steroid dienone is 2. The van der Waals surface area contributed by atoms with Gasteiger partial charge in [0.1, 0.15) is 24.4 Å². The molecular weight excluding hydrogens is 743 g/mol. The van der Waals surface area contributed by atoms with Crippen molar-refractivity contribution >= 4 is 5.91 Å². The van der Waals surface area contributed by atoms with Crippen LogP contribution in [-0.2, 0) is 14.3 Å². The van der Waals surface area contributed by atoms with Crippen LogP contribution >= 0.6 is 0 Å². The fourth-order valence-electron chi connectivity index (χ4n) is 8.27. The Morgan fingerprint density at radius 2 is 0.949 bits per heavy atom. The van der Waals surface area contributed by atoms with Crippen LogP contribution in [0, 0.1) is 0 Å². The quantitative estimate of drug-likeness (QED) is 0.0263. The highest BCUT2D eigenvalue weighted by molar-refractivity contribution is 5.76. The number of carbonyl (C=O) groups excluding carboxylic acids is 1. The molecule has 1 aliphatic heterocycles. The van der Waals surface area contributed by atoms with E-state index in [-0.39, 0.29) is 12.5 Å². The van der Waals surface area contributed by atoms with E-state index in [0.717, 1.165) is 38.5 Å². The van der Waals surface area contributed by atoms with Gasteiger partial charge >= 0.3 is 0 Å². The van der Waals surface area contributed by atoms with Gasteiger partial charge in [0.2, 0.25) is 5.91 Å². The van der Waals surface area contributed by atoms with Crippen molar-refractivity contribution in [3.05, 3.63) is 12.2 Å². The van der Waals surface area contributed by atoms with Crippen LogP contribution in [-0.4, -0.2) is 87.5 Å². The van der Waals surface area contributed by atoms with E-state index in [1.54, 1.807) is 0 Å². The Bertz CT molecular complexity index is 935. The summed E-state index contributed by atoms with van der Waals surface area (Å²) < 4.78 is 11.3. The van der Waals surface area contributed by atoms with Gasteiger partial charge in [-0.05, 0) is 38.5 Å². The summed E-state index contributed by atoms with van der Waals surface area (Å²) in [6.45, 7) is 3.84. The first-order valence-corrected chi connectivity index (χ1v) is 25.4. The molecule has 0 aromatic rings. The zero-order valence-corrected chi connectivity index (χ0v) is 38.5. The molecule has 0 aliphatic carbocycles. The number of aliphatic hydroxyl groups is 5. The monoisotopic (exact) mass is 840 g/mol. The zero-order chi connectivity index (χ0) is 43.0. The summed E-state index contributed by atoms with van der Waals surface area (Å²) in [5.74, 6) is -0.142. The minimum absolute atomic E-state index is 0.134. The van der Waals surface area contributed by atoms with E-state index in [0.29, 0.717) is 12.8 Å². The lowest BCUT2D eigenvalue weighted by Crippen LogP contribution is -2.60. The molecule has 1 heterocycles. The van der Waals surface area contributed by atoms with Gasteiger partial charge in [0.25, 0.3) is 0 Å². The average Bonchev–Trinajstić information content (AvgIpc) is 3.23. The summed E-state index contributed by atoms with van der Waals surface area (Å²) in [7, 11) is 0. The predicted octanol–water partition coefficient (Wildman–Crippen LogP) is 11.3. The van der Waals surface area contributed by atoms with Gasteiger partial charge in [-0.15, -0.1) is 0 Å². The molecular formula is C50H97NO8. The van der Waals surface area contributed by atoms with E-state index >= 15 is 0 Å². The second-order valence-electron chi connectivity index (χ2n) is 18.0. The molecule has 7 atom stereocenters. The lowest BCUT2D eigenvalue weighted by Gasteiger charge is -2.40. The van der Waals surface area contributed by atoms with E-state index in [4.69, 9.17) is 9.47 Å². The van der Waals surface area contributed by atoms with Crippen molar-refractivity contribution in [1.29, 1.82) is 0 Å². The molecule has 0 aromatic heterocycles. The van der Waals surface area contributed by atoms with E-state index in [2.05, 4.69) is 31.3 Å². The molecule has 0 aromatic carbocycles. The second-order valence-corrected chi connectivity index (χ2v) is 18.0. The van der Waals surface area contributed by atoms with Gasteiger partial charge in [0.15, 0.2) is 6.29 Å².